The largest absolute Gasteiger partial charge is 0.450 e. The fraction of sp³-hybridized carbons (Fsp3) is 0.576. The summed E-state index contributed by atoms with van der Waals surface area (Å²) in [7, 11) is -1.40. The van der Waals surface area contributed by atoms with Crippen molar-refractivity contribution >= 4 is 36.2 Å². The number of halogens is 5. The molecule has 1 aliphatic carbocycles. The molecule has 2 aliphatic rings. The lowest BCUT2D eigenvalue weighted by molar-refractivity contribution is -0.212. The Balaban J connectivity index is 1.42. The van der Waals surface area contributed by atoms with Gasteiger partial charge in [-0.1, -0.05) is 38.3 Å². The van der Waals surface area contributed by atoms with Crippen molar-refractivity contribution in [1.29, 1.82) is 0 Å². The number of hydrogen-bond acceptors (Lipinski definition) is 6. The van der Waals surface area contributed by atoms with Gasteiger partial charge < -0.3 is 23.9 Å². The Morgan fingerprint density at radius 1 is 1.15 bits per heavy atom. The number of ether oxygens (including phenoxy) is 3. The highest BCUT2D eigenvalue weighted by Crippen LogP contribution is 2.57. The number of alkyl halides is 3. The fourth-order valence-corrected chi connectivity index (χ4v) is 7.23. The first-order valence-electron chi connectivity index (χ1n) is 15.7. The SMILES string of the molecule is C[Si](C)(C)CCOCn1cc(C2(C(F)(F)F)CCC2)c2c(Oc3c(F)cc(CC(=S)CCC4(CO)CCOC4)cc3F)ccnc21. The predicted molar refractivity (Wildman–Crippen MR) is 172 cm³/mol. The van der Waals surface area contributed by atoms with Crippen LogP contribution in [0.15, 0.2) is 30.6 Å². The maximum absolute atomic E-state index is 15.4. The molecule has 2 fully saturated rings. The smallest absolute Gasteiger partial charge is 0.398 e. The molecule has 3 aromatic rings. The van der Waals surface area contributed by atoms with Crippen molar-refractivity contribution in [3.63, 3.8) is 0 Å². The van der Waals surface area contributed by atoms with E-state index >= 15 is 8.78 Å². The standard InChI is InChI=1S/C33H41F5N2O4SSi/c1-46(2,3)14-13-43-21-40-18-24(32(7-4-8-32)33(36,37)38)28-27(6-11-39-30(28)40)44-29-25(34)16-22(17-26(29)35)15-23(45)5-9-31(19-41)10-12-42-20-31/h6,11,16-18,41H,4-5,7-10,12-15,19-21H2,1-3H3. The minimum Gasteiger partial charge on any atom is -0.450 e. The molecule has 1 saturated heterocycles. The van der Waals surface area contributed by atoms with Gasteiger partial charge >= 0.3 is 6.18 Å². The molecule has 1 unspecified atom stereocenters. The highest BCUT2D eigenvalue weighted by atomic mass is 32.1. The van der Waals surface area contributed by atoms with Crippen molar-refractivity contribution in [2.45, 2.75) is 89.0 Å². The second-order valence-corrected chi connectivity index (χ2v) is 20.2. The van der Waals surface area contributed by atoms with E-state index < -0.39 is 37.0 Å². The van der Waals surface area contributed by atoms with E-state index in [4.69, 9.17) is 26.4 Å². The summed E-state index contributed by atoms with van der Waals surface area (Å²) in [4.78, 5) is 4.94. The molecule has 1 atom stereocenters. The molecule has 2 aromatic heterocycles. The Bertz CT molecular complexity index is 1540. The van der Waals surface area contributed by atoms with Crippen LogP contribution in [0.2, 0.25) is 25.7 Å². The van der Waals surface area contributed by atoms with Crippen LogP contribution in [0, 0.1) is 17.0 Å². The van der Waals surface area contributed by atoms with Crippen LogP contribution >= 0.6 is 12.2 Å². The molecule has 0 bridgehead atoms. The molecule has 0 spiro atoms. The summed E-state index contributed by atoms with van der Waals surface area (Å²) < 4.78 is 93.2. The molecule has 0 radical (unpaired) electrons. The first-order valence-corrected chi connectivity index (χ1v) is 19.8. The number of aromatic nitrogens is 2. The van der Waals surface area contributed by atoms with Crippen molar-refractivity contribution in [3.8, 4) is 11.5 Å². The van der Waals surface area contributed by atoms with E-state index in [-0.39, 0.29) is 60.4 Å². The lowest BCUT2D eigenvalue weighted by Crippen LogP contribution is -2.47. The van der Waals surface area contributed by atoms with Gasteiger partial charge in [0.2, 0.25) is 0 Å². The second kappa shape index (κ2) is 13.6. The van der Waals surface area contributed by atoms with Crippen LogP contribution in [-0.2, 0) is 28.0 Å². The number of fused-ring (bicyclic) bond motifs is 1. The topological polar surface area (TPSA) is 65.7 Å². The summed E-state index contributed by atoms with van der Waals surface area (Å²) in [5.74, 6) is -2.83. The molecule has 1 aromatic carbocycles. The number of thiocarbonyl (C=S) groups is 1. The molecule has 6 nitrogen and oxygen atoms in total. The number of nitrogens with zero attached hydrogens (tertiary/aromatic N) is 2. The monoisotopic (exact) mass is 684 g/mol. The van der Waals surface area contributed by atoms with Crippen LogP contribution in [0.5, 0.6) is 11.5 Å². The van der Waals surface area contributed by atoms with E-state index in [9.17, 15) is 18.3 Å². The Kier molecular flexibility index (Phi) is 10.3. The summed E-state index contributed by atoms with van der Waals surface area (Å²) in [5.41, 5.74) is -2.01. The second-order valence-electron chi connectivity index (χ2n) is 14.0. The lowest BCUT2D eigenvalue weighted by atomic mass is 9.64. The number of aliphatic hydroxyl groups excluding tert-OH is 1. The highest BCUT2D eigenvalue weighted by molar-refractivity contribution is 7.80. The van der Waals surface area contributed by atoms with Crippen molar-refractivity contribution in [3.05, 3.63) is 53.4 Å². The molecule has 1 saturated carbocycles. The molecule has 1 N–H and O–H groups in total. The molecule has 3 heterocycles. The molecular weight excluding hydrogens is 644 g/mol. The molecule has 13 heteroatoms. The Labute approximate surface area is 272 Å². The molecule has 1 aliphatic heterocycles. The summed E-state index contributed by atoms with van der Waals surface area (Å²) in [6.07, 6.45) is 0.350. The normalized spacial score (nSPS) is 19.8. The zero-order valence-electron chi connectivity index (χ0n) is 26.4. The zero-order valence-corrected chi connectivity index (χ0v) is 28.3. The van der Waals surface area contributed by atoms with Crippen LogP contribution in [0.4, 0.5) is 22.0 Å². The molecule has 5 rings (SSSR count). The Morgan fingerprint density at radius 2 is 1.87 bits per heavy atom. The number of benzene rings is 1. The van der Waals surface area contributed by atoms with Gasteiger partial charge in [0.05, 0.1) is 24.0 Å². The predicted octanol–water partition coefficient (Wildman–Crippen LogP) is 8.49. The maximum Gasteiger partial charge on any atom is 0.398 e. The zero-order chi connectivity index (χ0) is 33.3. The molecule has 252 valence electrons. The fourth-order valence-electron chi connectivity index (χ4n) is 6.20. The van der Waals surface area contributed by atoms with Gasteiger partial charge in [-0.05, 0) is 72.3 Å². The molecular formula is C33H41F5N2O4SSi. The van der Waals surface area contributed by atoms with Crippen LogP contribution in [0.25, 0.3) is 11.0 Å². The summed E-state index contributed by atoms with van der Waals surface area (Å²) in [6, 6.07) is 4.47. The van der Waals surface area contributed by atoms with Crippen LogP contribution in [0.1, 0.15) is 49.7 Å². The highest BCUT2D eigenvalue weighted by Gasteiger charge is 2.60. The van der Waals surface area contributed by atoms with Crippen molar-refractivity contribution < 1.29 is 41.3 Å². The maximum atomic E-state index is 15.4. The Hall–Kier alpha value is -2.45. The summed E-state index contributed by atoms with van der Waals surface area (Å²) in [6.45, 7) is 8.04. The number of rotatable bonds is 14. The first-order chi connectivity index (χ1) is 21.7. The summed E-state index contributed by atoms with van der Waals surface area (Å²) in [5, 5.41) is 9.86. The van der Waals surface area contributed by atoms with E-state index in [1.807, 2.05) is 0 Å². The van der Waals surface area contributed by atoms with Gasteiger partial charge in [0.1, 0.15) is 18.1 Å². The van der Waals surface area contributed by atoms with E-state index in [1.54, 1.807) is 0 Å². The average molecular weight is 685 g/mol. The van der Waals surface area contributed by atoms with Gasteiger partial charge in [0.25, 0.3) is 0 Å². The van der Waals surface area contributed by atoms with Gasteiger partial charge in [-0.2, -0.15) is 13.2 Å². The summed E-state index contributed by atoms with van der Waals surface area (Å²) >= 11 is 5.49. The lowest BCUT2D eigenvalue weighted by Gasteiger charge is -2.43. The van der Waals surface area contributed by atoms with Gasteiger partial charge in [0, 0.05) is 45.5 Å². The van der Waals surface area contributed by atoms with E-state index in [0.717, 1.165) is 24.6 Å². The van der Waals surface area contributed by atoms with Gasteiger partial charge in [0.15, 0.2) is 17.4 Å². The third kappa shape index (κ3) is 7.33. The van der Waals surface area contributed by atoms with Gasteiger partial charge in [-0.15, -0.1) is 0 Å². The number of hydrogen-bond donors (Lipinski definition) is 1. The van der Waals surface area contributed by atoms with E-state index in [2.05, 4.69) is 24.6 Å². The van der Waals surface area contributed by atoms with Crippen molar-refractivity contribution in [1.82, 2.24) is 9.55 Å². The molecule has 0 amide bonds. The van der Waals surface area contributed by atoms with Crippen LogP contribution in [-0.4, -0.2) is 60.2 Å². The van der Waals surface area contributed by atoms with Crippen LogP contribution < -0.4 is 4.74 Å². The van der Waals surface area contributed by atoms with Crippen molar-refractivity contribution in [2.75, 3.05) is 26.4 Å². The van der Waals surface area contributed by atoms with Crippen LogP contribution in [0.3, 0.4) is 0 Å². The number of pyridine rings is 1. The number of aliphatic hydroxyl groups is 1. The molecule has 46 heavy (non-hydrogen) atoms. The minimum atomic E-state index is -4.55. The quantitative estimate of drug-likeness (QED) is 0.0796. The van der Waals surface area contributed by atoms with Crippen molar-refractivity contribution in [2.24, 2.45) is 5.41 Å². The Morgan fingerprint density at radius 3 is 2.43 bits per heavy atom. The van der Waals surface area contributed by atoms with E-state index in [1.165, 1.54) is 23.0 Å². The average Bonchev–Trinajstić information content (AvgIpc) is 3.56. The first kappa shape index (κ1) is 34.9. The van der Waals surface area contributed by atoms with Gasteiger partial charge in [-0.25, -0.2) is 13.8 Å². The van der Waals surface area contributed by atoms with Gasteiger partial charge in [-0.3, -0.25) is 0 Å². The van der Waals surface area contributed by atoms with E-state index in [0.29, 0.717) is 49.5 Å². The minimum absolute atomic E-state index is 0.0187. The third-order valence-corrected chi connectivity index (χ3v) is 11.4. The third-order valence-electron chi connectivity index (χ3n) is 9.34.